The van der Waals surface area contributed by atoms with E-state index in [2.05, 4.69) is 61.2 Å². The summed E-state index contributed by atoms with van der Waals surface area (Å²) < 4.78 is 0. The van der Waals surface area contributed by atoms with Gasteiger partial charge in [0.25, 0.3) is 0 Å². The molecule has 0 aromatic heterocycles. The SMILES string of the molecule is CC/C=C1/c2ccccc2C2C=CC2N1CC. The highest BCUT2D eigenvalue weighted by atomic mass is 15.2. The van der Waals surface area contributed by atoms with Crippen molar-refractivity contribution in [2.45, 2.75) is 32.2 Å². The van der Waals surface area contributed by atoms with Crippen LogP contribution in [0.4, 0.5) is 0 Å². The Morgan fingerprint density at radius 3 is 2.65 bits per heavy atom. The van der Waals surface area contributed by atoms with Crippen molar-refractivity contribution in [1.82, 2.24) is 4.90 Å². The fourth-order valence-corrected chi connectivity index (χ4v) is 3.04. The molecule has 1 aliphatic heterocycles. The van der Waals surface area contributed by atoms with Crippen LogP contribution in [-0.4, -0.2) is 17.5 Å². The molecule has 17 heavy (non-hydrogen) atoms. The molecule has 1 aromatic carbocycles. The zero-order chi connectivity index (χ0) is 11.8. The molecule has 0 radical (unpaired) electrons. The Morgan fingerprint density at radius 2 is 2.00 bits per heavy atom. The second-order valence-electron chi connectivity index (χ2n) is 4.77. The van der Waals surface area contributed by atoms with Gasteiger partial charge in [0.2, 0.25) is 0 Å². The van der Waals surface area contributed by atoms with E-state index in [0.29, 0.717) is 12.0 Å². The molecule has 0 spiro atoms. The summed E-state index contributed by atoms with van der Waals surface area (Å²) in [6.45, 7) is 5.55. The maximum atomic E-state index is 2.54. The van der Waals surface area contributed by atoms with Gasteiger partial charge in [-0.3, -0.25) is 0 Å². The lowest BCUT2D eigenvalue weighted by Gasteiger charge is -2.47. The molecular formula is C16H19N. The summed E-state index contributed by atoms with van der Waals surface area (Å²) >= 11 is 0. The highest BCUT2D eigenvalue weighted by Gasteiger charge is 2.37. The van der Waals surface area contributed by atoms with Gasteiger partial charge in [-0.05, 0) is 18.9 Å². The normalized spacial score (nSPS) is 27.6. The second kappa shape index (κ2) is 4.06. The first-order valence-corrected chi connectivity index (χ1v) is 6.61. The zero-order valence-corrected chi connectivity index (χ0v) is 10.6. The number of hydrogen-bond donors (Lipinski definition) is 0. The van der Waals surface area contributed by atoms with Gasteiger partial charge in [-0.25, -0.2) is 0 Å². The lowest BCUT2D eigenvalue weighted by Crippen LogP contribution is -2.44. The summed E-state index contributed by atoms with van der Waals surface area (Å²) in [7, 11) is 0. The molecule has 1 heteroatoms. The van der Waals surface area contributed by atoms with Crippen molar-refractivity contribution in [3.05, 3.63) is 53.6 Å². The Balaban J connectivity index is 2.15. The maximum Gasteiger partial charge on any atom is 0.0576 e. The molecule has 2 atom stereocenters. The van der Waals surface area contributed by atoms with E-state index < -0.39 is 0 Å². The van der Waals surface area contributed by atoms with Gasteiger partial charge >= 0.3 is 0 Å². The van der Waals surface area contributed by atoms with Crippen molar-refractivity contribution in [2.75, 3.05) is 6.54 Å². The van der Waals surface area contributed by atoms with E-state index in [4.69, 9.17) is 0 Å². The lowest BCUT2D eigenvalue weighted by molar-refractivity contribution is 0.299. The van der Waals surface area contributed by atoms with E-state index in [-0.39, 0.29) is 0 Å². The summed E-state index contributed by atoms with van der Waals surface area (Å²) in [4.78, 5) is 2.54. The largest absolute Gasteiger partial charge is 0.364 e. The molecule has 3 rings (SSSR count). The van der Waals surface area contributed by atoms with Gasteiger partial charge in [0.05, 0.1) is 6.04 Å². The van der Waals surface area contributed by atoms with Crippen LogP contribution in [0.25, 0.3) is 5.70 Å². The van der Waals surface area contributed by atoms with Crippen molar-refractivity contribution in [3.8, 4) is 0 Å². The third-order valence-electron chi connectivity index (χ3n) is 3.89. The number of rotatable bonds is 2. The smallest absolute Gasteiger partial charge is 0.0576 e. The van der Waals surface area contributed by atoms with E-state index in [9.17, 15) is 0 Å². The Hall–Kier alpha value is -1.50. The summed E-state index contributed by atoms with van der Waals surface area (Å²) in [5, 5.41) is 0. The second-order valence-corrected chi connectivity index (χ2v) is 4.77. The van der Waals surface area contributed by atoms with Crippen molar-refractivity contribution >= 4 is 5.70 Å². The van der Waals surface area contributed by atoms with E-state index in [1.807, 2.05) is 0 Å². The van der Waals surface area contributed by atoms with Crippen LogP contribution in [-0.2, 0) is 0 Å². The highest BCUT2D eigenvalue weighted by molar-refractivity contribution is 5.72. The third kappa shape index (κ3) is 1.45. The summed E-state index contributed by atoms with van der Waals surface area (Å²) in [6.07, 6.45) is 8.15. The molecule has 1 nitrogen and oxygen atoms in total. The monoisotopic (exact) mass is 225 g/mol. The average molecular weight is 225 g/mol. The first-order valence-electron chi connectivity index (χ1n) is 6.61. The first kappa shape index (κ1) is 10.6. The van der Waals surface area contributed by atoms with Crippen LogP contribution in [0.2, 0.25) is 0 Å². The molecule has 1 heterocycles. The van der Waals surface area contributed by atoms with Crippen molar-refractivity contribution in [3.63, 3.8) is 0 Å². The standard InChI is InChI=1S/C16H19N/c1-3-7-15-13-9-6-5-8-12(13)14-10-11-16(14)17(15)4-2/h5-11,14,16H,3-4H2,1-2H3/b15-7-. The molecular weight excluding hydrogens is 206 g/mol. The molecule has 0 fully saturated rings. The van der Waals surface area contributed by atoms with E-state index in [0.717, 1.165) is 13.0 Å². The summed E-state index contributed by atoms with van der Waals surface area (Å²) in [5.74, 6) is 0.611. The number of fused-ring (bicyclic) bond motifs is 3. The minimum atomic E-state index is 0.590. The predicted octanol–water partition coefficient (Wildman–Crippen LogP) is 3.80. The van der Waals surface area contributed by atoms with Crippen molar-refractivity contribution in [2.24, 2.45) is 0 Å². The Kier molecular flexibility index (Phi) is 2.54. The van der Waals surface area contributed by atoms with Crippen LogP contribution in [0, 0.1) is 0 Å². The summed E-state index contributed by atoms with van der Waals surface area (Å²) in [6, 6.07) is 9.45. The number of benzene rings is 1. The van der Waals surface area contributed by atoms with Crippen LogP contribution >= 0.6 is 0 Å². The first-order chi connectivity index (χ1) is 8.36. The molecule has 1 aliphatic carbocycles. The maximum absolute atomic E-state index is 2.54. The fraction of sp³-hybridized carbons (Fsp3) is 0.375. The van der Waals surface area contributed by atoms with Gasteiger partial charge in [-0.15, -0.1) is 0 Å². The van der Waals surface area contributed by atoms with Crippen LogP contribution < -0.4 is 0 Å². The summed E-state index contributed by atoms with van der Waals surface area (Å²) in [5.41, 5.74) is 4.36. The van der Waals surface area contributed by atoms with Crippen LogP contribution in [0.5, 0.6) is 0 Å². The molecule has 2 aliphatic rings. The Morgan fingerprint density at radius 1 is 1.18 bits per heavy atom. The minimum absolute atomic E-state index is 0.590. The lowest BCUT2D eigenvalue weighted by atomic mass is 9.75. The van der Waals surface area contributed by atoms with Gasteiger partial charge < -0.3 is 4.90 Å². The quantitative estimate of drug-likeness (QED) is 0.692. The molecule has 0 amide bonds. The topological polar surface area (TPSA) is 3.24 Å². The third-order valence-corrected chi connectivity index (χ3v) is 3.89. The number of likely N-dealkylation sites (N-methyl/N-ethyl adjacent to an activating group) is 1. The van der Waals surface area contributed by atoms with Crippen molar-refractivity contribution in [1.29, 1.82) is 0 Å². The van der Waals surface area contributed by atoms with Crippen LogP contribution in [0.3, 0.4) is 0 Å². The molecule has 0 saturated heterocycles. The zero-order valence-electron chi connectivity index (χ0n) is 10.6. The van der Waals surface area contributed by atoms with Gasteiger partial charge in [-0.2, -0.15) is 0 Å². The average Bonchev–Trinajstić information content (AvgIpc) is 2.32. The van der Waals surface area contributed by atoms with Crippen LogP contribution in [0.1, 0.15) is 37.3 Å². The predicted molar refractivity (Wildman–Crippen MR) is 72.8 cm³/mol. The Bertz CT molecular complexity index is 484. The van der Waals surface area contributed by atoms with Gasteiger partial charge in [0.15, 0.2) is 0 Å². The number of allylic oxidation sites excluding steroid dienone is 1. The molecule has 0 N–H and O–H groups in total. The minimum Gasteiger partial charge on any atom is -0.364 e. The molecule has 1 aromatic rings. The van der Waals surface area contributed by atoms with E-state index >= 15 is 0 Å². The van der Waals surface area contributed by atoms with Crippen molar-refractivity contribution < 1.29 is 0 Å². The van der Waals surface area contributed by atoms with E-state index in [1.165, 1.54) is 16.8 Å². The molecule has 2 unspecified atom stereocenters. The number of nitrogens with zero attached hydrogens (tertiary/aromatic N) is 1. The molecule has 0 saturated carbocycles. The molecule has 88 valence electrons. The molecule has 0 bridgehead atoms. The van der Waals surface area contributed by atoms with Gasteiger partial charge in [-0.1, -0.05) is 49.4 Å². The fourth-order valence-electron chi connectivity index (χ4n) is 3.04. The van der Waals surface area contributed by atoms with Gasteiger partial charge in [0, 0.05) is 23.7 Å². The number of hydrogen-bond acceptors (Lipinski definition) is 1. The van der Waals surface area contributed by atoms with Gasteiger partial charge in [0.1, 0.15) is 0 Å². The van der Waals surface area contributed by atoms with Crippen LogP contribution in [0.15, 0.2) is 42.5 Å². The van der Waals surface area contributed by atoms with E-state index in [1.54, 1.807) is 0 Å². The Labute approximate surface area is 103 Å². The highest BCUT2D eigenvalue weighted by Crippen LogP contribution is 2.45.